The van der Waals surface area contributed by atoms with E-state index in [0.717, 1.165) is 13.0 Å². The molecule has 3 nitrogen and oxygen atoms in total. The fourth-order valence-corrected chi connectivity index (χ4v) is 3.10. The Morgan fingerprint density at radius 1 is 1.35 bits per heavy atom. The lowest BCUT2D eigenvalue weighted by Crippen LogP contribution is -2.26. The Labute approximate surface area is 121 Å². The lowest BCUT2D eigenvalue weighted by molar-refractivity contribution is -0.142. The van der Waals surface area contributed by atoms with Crippen molar-refractivity contribution < 1.29 is 9.90 Å². The Morgan fingerprint density at radius 2 is 2.00 bits per heavy atom. The Bertz CT molecular complexity index is 455. The molecular formula is C17H25NO2. The molecule has 3 atom stereocenters. The highest BCUT2D eigenvalue weighted by Gasteiger charge is 2.36. The molecule has 1 fully saturated rings. The molecule has 0 spiro atoms. The van der Waals surface area contributed by atoms with Crippen LogP contribution < -0.4 is 0 Å². The number of likely N-dealkylation sites (tertiary alicyclic amines) is 1. The predicted octanol–water partition coefficient (Wildman–Crippen LogP) is 3.35. The summed E-state index contributed by atoms with van der Waals surface area (Å²) in [5.41, 5.74) is 2.66. The van der Waals surface area contributed by atoms with E-state index in [4.69, 9.17) is 0 Å². The van der Waals surface area contributed by atoms with E-state index in [2.05, 4.69) is 43.0 Å². The summed E-state index contributed by atoms with van der Waals surface area (Å²) in [6.07, 6.45) is 2.29. The SMILES string of the molecule is CCCc1ccc(C(C)N2CC(C)C(C(=O)O)C2)cc1. The van der Waals surface area contributed by atoms with Crippen LogP contribution in [0.4, 0.5) is 0 Å². The second kappa shape index (κ2) is 6.40. The maximum absolute atomic E-state index is 11.2. The normalized spacial score (nSPS) is 24.8. The second-order valence-electron chi connectivity index (χ2n) is 6.04. The van der Waals surface area contributed by atoms with Crippen LogP contribution in [-0.4, -0.2) is 29.1 Å². The number of carboxylic acids is 1. The number of rotatable bonds is 5. The molecule has 0 bridgehead atoms. The monoisotopic (exact) mass is 275 g/mol. The third-order valence-corrected chi connectivity index (χ3v) is 4.51. The molecule has 0 aromatic heterocycles. The molecule has 1 heterocycles. The third kappa shape index (κ3) is 3.21. The molecule has 1 aromatic rings. The average molecular weight is 275 g/mol. The Morgan fingerprint density at radius 3 is 2.50 bits per heavy atom. The van der Waals surface area contributed by atoms with Crippen molar-refractivity contribution in [1.82, 2.24) is 4.90 Å². The lowest BCUT2D eigenvalue weighted by Gasteiger charge is -2.24. The van der Waals surface area contributed by atoms with Crippen molar-refractivity contribution in [3.8, 4) is 0 Å². The Kier molecular flexibility index (Phi) is 4.81. The topological polar surface area (TPSA) is 40.5 Å². The lowest BCUT2D eigenvalue weighted by atomic mass is 9.99. The van der Waals surface area contributed by atoms with E-state index in [0.29, 0.717) is 6.54 Å². The molecule has 0 amide bonds. The molecule has 3 heteroatoms. The number of hydrogen-bond acceptors (Lipinski definition) is 2. The van der Waals surface area contributed by atoms with E-state index < -0.39 is 5.97 Å². The molecule has 0 saturated carbocycles. The first kappa shape index (κ1) is 15.0. The molecule has 1 aromatic carbocycles. The van der Waals surface area contributed by atoms with Crippen LogP contribution in [0.1, 0.15) is 44.4 Å². The molecule has 20 heavy (non-hydrogen) atoms. The first-order valence-corrected chi connectivity index (χ1v) is 7.58. The molecule has 0 radical (unpaired) electrons. The second-order valence-corrected chi connectivity index (χ2v) is 6.04. The number of carboxylic acid groups (broad SMARTS) is 1. The van der Waals surface area contributed by atoms with Crippen molar-refractivity contribution in [3.05, 3.63) is 35.4 Å². The minimum absolute atomic E-state index is 0.225. The number of carbonyl (C=O) groups is 1. The van der Waals surface area contributed by atoms with Crippen LogP contribution in [0, 0.1) is 11.8 Å². The highest BCUT2D eigenvalue weighted by atomic mass is 16.4. The zero-order valence-corrected chi connectivity index (χ0v) is 12.7. The molecule has 110 valence electrons. The smallest absolute Gasteiger partial charge is 0.308 e. The standard InChI is InChI=1S/C17H25NO2/c1-4-5-14-6-8-15(9-7-14)13(3)18-10-12(2)16(11-18)17(19)20/h6-9,12-13,16H,4-5,10-11H2,1-3H3,(H,19,20). The summed E-state index contributed by atoms with van der Waals surface area (Å²) in [5, 5.41) is 9.22. The van der Waals surface area contributed by atoms with Gasteiger partial charge < -0.3 is 5.11 Å². The number of aliphatic carboxylic acids is 1. The van der Waals surface area contributed by atoms with Gasteiger partial charge in [0.25, 0.3) is 0 Å². The van der Waals surface area contributed by atoms with Gasteiger partial charge >= 0.3 is 5.97 Å². The van der Waals surface area contributed by atoms with Gasteiger partial charge in [-0.3, -0.25) is 9.69 Å². The van der Waals surface area contributed by atoms with Crippen LogP contribution in [0.25, 0.3) is 0 Å². The van der Waals surface area contributed by atoms with Crippen molar-refractivity contribution in [2.45, 2.75) is 39.7 Å². The summed E-state index contributed by atoms with van der Waals surface area (Å²) in [6.45, 7) is 7.93. The van der Waals surface area contributed by atoms with E-state index in [9.17, 15) is 9.90 Å². The zero-order valence-electron chi connectivity index (χ0n) is 12.7. The Balaban J connectivity index is 2.04. The van der Waals surface area contributed by atoms with Crippen LogP contribution in [0.2, 0.25) is 0 Å². The van der Waals surface area contributed by atoms with Crippen LogP contribution in [0.15, 0.2) is 24.3 Å². The van der Waals surface area contributed by atoms with Gasteiger partial charge in [0, 0.05) is 19.1 Å². The third-order valence-electron chi connectivity index (χ3n) is 4.51. The predicted molar refractivity (Wildman–Crippen MR) is 80.7 cm³/mol. The number of hydrogen-bond donors (Lipinski definition) is 1. The van der Waals surface area contributed by atoms with Crippen LogP contribution in [0.3, 0.4) is 0 Å². The molecule has 3 unspecified atom stereocenters. The van der Waals surface area contributed by atoms with Crippen molar-refractivity contribution in [2.75, 3.05) is 13.1 Å². The van der Waals surface area contributed by atoms with Crippen molar-refractivity contribution in [1.29, 1.82) is 0 Å². The van der Waals surface area contributed by atoms with Crippen LogP contribution in [0.5, 0.6) is 0 Å². The Hall–Kier alpha value is -1.35. The van der Waals surface area contributed by atoms with Crippen molar-refractivity contribution in [3.63, 3.8) is 0 Å². The van der Waals surface area contributed by atoms with Gasteiger partial charge in [-0.2, -0.15) is 0 Å². The van der Waals surface area contributed by atoms with Gasteiger partial charge in [-0.1, -0.05) is 44.5 Å². The van der Waals surface area contributed by atoms with Gasteiger partial charge in [-0.25, -0.2) is 0 Å². The number of nitrogens with zero attached hydrogens (tertiary/aromatic N) is 1. The summed E-state index contributed by atoms with van der Waals surface area (Å²) >= 11 is 0. The van der Waals surface area contributed by atoms with Gasteiger partial charge in [-0.05, 0) is 30.4 Å². The molecule has 1 aliphatic heterocycles. The quantitative estimate of drug-likeness (QED) is 0.896. The summed E-state index contributed by atoms with van der Waals surface area (Å²) < 4.78 is 0. The summed E-state index contributed by atoms with van der Waals surface area (Å²) in [6, 6.07) is 9.06. The van der Waals surface area contributed by atoms with E-state index in [1.165, 1.54) is 17.5 Å². The molecular weight excluding hydrogens is 250 g/mol. The summed E-state index contributed by atoms with van der Waals surface area (Å²) in [4.78, 5) is 13.5. The van der Waals surface area contributed by atoms with Gasteiger partial charge in [0.05, 0.1) is 5.92 Å². The summed E-state index contributed by atoms with van der Waals surface area (Å²) in [7, 11) is 0. The fourth-order valence-electron chi connectivity index (χ4n) is 3.10. The van der Waals surface area contributed by atoms with Gasteiger partial charge in [-0.15, -0.1) is 0 Å². The zero-order chi connectivity index (χ0) is 14.7. The van der Waals surface area contributed by atoms with E-state index in [-0.39, 0.29) is 17.9 Å². The maximum Gasteiger partial charge on any atom is 0.308 e. The van der Waals surface area contributed by atoms with E-state index in [1.54, 1.807) is 0 Å². The maximum atomic E-state index is 11.2. The average Bonchev–Trinajstić information content (AvgIpc) is 2.81. The minimum Gasteiger partial charge on any atom is -0.481 e. The molecule has 1 N–H and O–H groups in total. The summed E-state index contributed by atoms with van der Waals surface area (Å²) in [5.74, 6) is -0.656. The first-order valence-electron chi connectivity index (χ1n) is 7.58. The first-order chi connectivity index (χ1) is 9.52. The highest BCUT2D eigenvalue weighted by Crippen LogP contribution is 2.31. The number of benzene rings is 1. The van der Waals surface area contributed by atoms with Crippen LogP contribution >= 0.6 is 0 Å². The molecule has 0 aliphatic carbocycles. The molecule has 1 saturated heterocycles. The van der Waals surface area contributed by atoms with Gasteiger partial charge in [0.15, 0.2) is 0 Å². The van der Waals surface area contributed by atoms with Gasteiger partial charge in [0.2, 0.25) is 0 Å². The molecule has 2 rings (SSSR count). The fraction of sp³-hybridized carbons (Fsp3) is 0.588. The highest BCUT2D eigenvalue weighted by molar-refractivity contribution is 5.71. The van der Waals surface area contributed by atoms with Crippen molar-refractivity contribution in [2.24, 2.45) is 11.8 Å². The van der Waals surface area contributed by atoms with Crippen LogP contribution in [-0.2, 0) is 11.2 Å². The van der Waals surface area contributed by atoms with E-state index in [1.807, 2.05) is 6.92 Å². The van der Waals surface area contributed by atoms with Crippen molar-refractivity contribution >= 4 is 5.97 Å². The minimum atomic E-state index is -0.662. The molecule has 1 aliphatic rings. The van der Waals surface area contributed by atoms with Gasteiger partial charge in [0.1, 0.15) is 0 Å². The largest absolute Gasteiger partial charge is 0.481 e. The van der Waals surface area contributed by atoms with E-state index >= 15 is 0 Å². The number of aryl methyl sites for hydroxylation is 1.